The second-order valence-corrected chi connectivity index (χ2v) is 3.87. The Morgan fingerprint density at radius 3 is 2.47 bits per heavy atom. The Hall–Kier alpha value is -2.03. The molecule has 0 aliphatic rings. The molecule has 0 bridgehead atoms. The molecule has 2 aromatic carbocycles. The molecule has 0 atom stereocenters. The first-order chi connectivity index (χ1) is 8.19. The average molecular weight is 231 g/mol. The van der Waals surface area contributed by atoms with Gasteiger partial charge in [-0.3, -0.25) is 0 Å². The second kappa shape index (κ2) is 4.87. The maximum absolute atomic E-state index is 13.2. The van der Waals surface area contributed by atoms with Gasteiger partial charge in [0.1, 0.15) is 11.6 Å². The van der Waals surface area contributed by atoms with E-state index in [1.54, 1.807) is 13.2 Å². The van der Waals surface area contributed by atoms with Gasteiger partial charge in [0.15, 0.2) is 0 Å². The zero-order chi connectivity index (χ0) is 12.3. The third-order valence-electron chi connectivity index (χ3n) is 2.62. The fourth-order valence-electron chi connectivity index (χ4n) is 1.74. The van der Waals surface area contributed by atoms with E-state index in [0.717, 1.165) is 16.8 Å². The minimum absolute atomic E-state index is 0.253. The van der Waals surface area contributed by atoms with Crippen molar-refractivity contribution < 1.29 is 9.13 Å². The number of methoxy groups -OCH3 is 1. The number of ether oxygens (including phenoxy) is 1. The Morgan fingerprint density at radius 2 is 1.82 bits per heavy atom. The van der Waals surface area contributed by atoms with Crippen molar-refractivity contribution in [3.8, 4) is 5.75 Å². The Kier molecular flexibility index (Phi) is 3.28. The highest BCUT2D eigenvalue weighted by Crippen LogP contribution is 2.22. The van der Waals surface area contributed by atoms with Gasteiger partial charge in [-0.25, -0.2) is 4.39 Å². The second-order valence-electron chi connectivity index (χ2n) is 3.87. The molecule has 0 aliphatic carbocycles. The van der Waals surface area contributed by atoms with Gasteiger partial charge < -0.3 is 10.5 Å². The first kappa shape index (κ1) is 11.5. The molecule has 0 radical (unpaired) electrons. The number of hydrogen-bond acceptors (Lipinski definition) is 2. The Balaban J connectivity index is 2.28. The van der Waals surface area contributed by atoms with Crippen molar-refractivity contribution in [1.82, 2.24) is 0 Å². The number of hydrogen-bond donors (Lipinski definition) is 1. The first-order valence-corrected chi connectivity index (χ1v) is 5.36. The maximum atomic E-state index is 13.2. The van der Waals surface area contributed by atoms with Crippen LogP contribution in [0, 0.1) is 5.82 Å². The quantitative estimate of drug-likeness (QED) is 0.824. The van der Waals surface area contributed by atoms with Gasteiger partial charge in [-0.2, -0.15) is 0 Å². The Morgan fingerprint density at radius 1 is 1.12 bits per heavy atom. The van der Waals surface area contributed by atoms with Gasteiger partial charge in [-0.15, -0.1) is 0 Å². The molecule has 0 spiro atoms. The molecule has 2 nitrogen and oxygen atoms in total. The summed E-state index contributed by atoms with van der Waals surface area (Å²) in [5.74, 6) is 0.444. The molecular weight excluding hydrogens is 217 g/mol. The topological polar surface area (TPSA) is 35.2 Å². The molecule has 0 amide bonds. The normalized spacial score (nSPS) is 10.2. The summed E-state index contributed by atoms with van der Waals surface area (Å²) in [6, 6.07) is 12.1. The lowest BCUT2D eigenvalue weighted by Crippen LogP contribution is -1.95. The van der Waals surface area contributed by atoms with Crippen LogP contribution >= 0.6 is 0 Å². The summed E-state index contributed by atoms with van der Waals surface area (Å²) < 4.78 is 18.4. The highest BCUT2D eigenvalue weighted by Gasteiger charge is 2.05. The van der Waals surface area contributed by atoms with Crippen molar-refractivity contribution in [2.45, 2.75) is 6.42 Å². The van der Waals surface area contributed by atoms with Crippen molar-refractivity contribution in [3.63, 3.8) is 0 Å². The van der Waals surface area contributed by atoms with Crippen molar-refractivity contribution in [1.29, 1.82) is 0 Å². The number of benzene rings is 2. The van der Waals surface area contributed by atoms with E-state index in [-0.39, 0.29) is 5.82 Å². The van der Waals surface area contributed by atoms with Crippen LogP contribution in [-0.2, 0) is 6.42 Å². The number of halogens is 1. The van der Waals surface area contributed by atoms with E-state index in [1.807, 2.05) is 24.3 Å². The minimum atomic E-state index is -0.253. The van der Waals surface area contributed by atoms with Gasteiger partial charge >= 0.3 is 0 Å². The third-order valence-corrected chi connectivity index (χ3v) is 2.62. The van der Waals surface area contributed by atoms with E-state index in [1.165, 1.54) is 12.1 Å². The van der Waals surface area contributed by atoms with Gasteiger partial charge in [0, 0.05) is 17.7 Å². The highest BCUT2D eigenvalue weighted by molar-refractivity contribution is 5.43. The van der Waals surface area contributed by atoms with Gasteiger partial charge in [-0.1, -0.05) is 12.1 Å². The molecule has 0 fully saturated rings. The smallest absolute Gasteiger partial charge is 0.123 e. The molecule has 2 rings (SSSR count). The van der Waals surface area contributed by atoms with E-state index in [0.29, 0.717) is 12.2 Å². The Labute approximate surface area is 99.8 Å². The van der Waals surface area contributed by atoms with Crippen LogP contribution in [0.2, 0.25) is 0 Å². The summed E-state index contributed by atoms with van der Waals surface area (Å²) in [5, 5.41) is 0. The van der Waals surface area contributed by atoms with Crippen LogP contribution in [0.3, 0.4) is 0 Å². The van der Waals surface area contributed by atoms with Gasteiger partial charge in [-0.05, 0) is 35.9 Å². The third kappa shape index (κ3) is 2.75. The monoisotopic (exact) mass is 231 g/mol. The standard InChI is InChI=1S/C14H14FNO/c1-17-14-7-4-12(15)9-11(14)8-10-2-5-13(16)6-3-10/h2-7,9H,8,16H2,1H3. The van der Waals surface area contributed by atoms with Crippen molar-refractivity contribution >= 4 is 5.69 Å². The van der Waals surface area contributed by atoms with Crippen LogP contribution in [0.5, 0.6) is 5.75 Å². The van der Waals surface area contributed by atoms with Crippen LogP contribution < -0.4 is 10.5 Å². The first-order valence-electron chi connectivity index (χ1n) is 5.36. The van der Waals surface area contributed by atoms with Crippen molar-refractivity contribution in [2.24, 2.45) is 0 Å². The lowest BCUT2D eigenvalue weighted by Gasteiger charge is -2.08. The number of anilines is 1. The molecule has 0 unspecified atom stereocenters. The van der Waals surface area contributed by atoms with Gasteiger partial charge in [0.25, 0.3) is 0 Å². The lowest BCUT2D eigenvalue weighted by atomic mass is 10.0. The van der Waals surface area contributed by atoms with E-state index >= 15 is 0 Å². The molecule has 17 heavy (non-hydrogen) atoms. The van der Waals surface area contributed by atoms with Crippen LogP contribution in [0.1, 0.15) is 11.1 Å². The van der Waals surface area contributed by atoms with Crippen LogP contribution in [0.4, 0.5) is 10.1 Å². The molecule has 2 N–H and O–H groups in total. The average Bonchev–Trinajstić information content (AvgIpc) is 2.32. The molecule has 2 aromatic rings. The summed E-state index contributed by atoms with van der Waals surface area (Å²) in [4.78, 5) is 0. The summed E-state index contributed by atoms with van der Waals surface area (Å²) in [5.41, 5.74) is 8.24. The fourth-order valence-corrected chi connectivity index (χ4v) is 1.74. The molecule has 0 heterocycles. The number of nitrogens with two attached hydrogens (primary N) is 1. The SMILES string of the molecule is COc1ccc(F)cc1Cc1ccc(N)cc1. The predicted octanol–water partition coefficient (Wildman–Crippen LogP) is 3.01. The van der Waals surface area contributed by atoms with Crippen molar-refractivity contribution in [3.05, 3.63) is 59.4 Å². The summed E-state index contributed by atoms with van der Waals surface area (Å²) in [7, 11) is 1.58. The maximum Gasteiger partial charge on any atom is 0.123 e. The Bertz CT molecular complexity index is 508. The highest BCUT2D eigenvalue weighted by atomic mass is 19.1. The fraction of sp³-hybridized carbons (Fsp3) is 0.143. The summed E-state index contributed by atoms with van der Waals surface area (Å²) >= 11 is 0. The predicted molar refractivity (Wildman–Crippen MR) is 66.6 cm³/mol. The molecule has 0 saturated heterocycles. The van der Waals surface area contributed by atoms with Crippen LogP contribution in [0.25, 0.3) is 0 Å². The largest absolute Gasteiger partial charge is 0.496 e. The van der Waals surface area contributed by atoms with E-state index in [2.05, 4.69) is 0 Å². The summed E-state index contributed by atoms with van der Waals surface area (Å²) in [6.45, 7) is 0. The molecule has 0 aliphatic heterocycles. The zero-order valence-corrected chi connectivity index (χ0v) is 9.61. The number of rotatable bonds is 3. The molecular formula is C14H14FNO. The summed E-state index contributed by atoms with van der Waals surface area (Å²) in [6.07, 6.45) is 0.626. The minimum Gasteiger partial charge on any atom is -0.496 e. The molecule has 88 valence electrons. The van der Waals surface area contributed by atoms with E-state index in [9.17, 15) is 4.39 Å². The van der Waals surface area contributed by atoms with Crippen LogP contribution in [-0.4, -0.2) is 7.11 Å². The molecule has 0 aromatic heterocycles. The van der Waals surface area contributed by atoms with E-state index in [4.69, 9.17) is 10.5 Å². The van der Waals surface area contributed by atoms with Gasteiger partial charge in [0.05, 0.1) is 7.11 Å². The zero-order valence-electron chi connectivity index (χ0n) is 9.61. The van der Waals surface area contributed by atoms with Gasteiger partial charge in [0.2, 0.25) is 0 Å². The molecule has 3 heteroatoms. The van der Waals surface area contributed by atoms with E-state index < -0.39 is 0 Å². The van der Waals surface area contributed by atoms with Crippen LogP contribution in [0.15, 0.2) is 42.5 Å². The van der Waals surface area contributed by atoms with Crippen molar-refractivity contribution in [2.75, 3.05) is 12.8 Å². The number of nitrogen functional groups attached to an aromatic ring is 1. The lowest BCUT2D eigenvalue weighted by molar-refractivity contribution is 0.409. The molecule has 0 saturated carbocycles.